The molecule has 0 aromatic heterocycles. The normalized spacial score (nSPS) is 11.4. The van der Waals surface area contributed by atoms with E-state index in [2.05, 4.69) is 29.8 Å². The SMILES string of the molecule is CCCC(=O)N(C)C(C)(C)CBr. The Labute approximate surface area is 83.4 Å². The van der Waals surface area contributed by atoms with Gasteiger partial charge in [-0.2, -0.15) is 0 Å². The number of carbonyl (C=O) groups is 1. The van der Waals surface area contributed by atoms with Crippen molar-refractivity contribution < 1.29 is 4.79 Å². The summed E-state index contributed by atoms with van der Waals surface area (Å²) < 4.78 is 0. The molecule has 0 radical (unpaired) electrons. The summed E-state index contributed by atoms with van der Waals surface area (Å²) in [6.07, 6.45) is 1.56. The molecule has 0 aliphatic carbocycles. The van der Waals surface area contributed by atoms with E-state index >= 15 is 0 Å². The summed E-state index contributed by atoms with van der Waals surface area (Å²) >= 11 is 3.40. The van der Waals surface area contributed by atoms with Crippen LogP contribution in [0.1, 0.15) is 33.6 Å². The molecule has 0 aliphatic rings. The molecule has 0 aromatic carbocycles. The second-order valence-corrected chi connectivity index (χ2v) is 4.21. The first-order valence-corrected chi connectivity index (χ1v) is 5.40. The Balaban J connectivity index is 4.17. The molecule has 1 amide bonds. The third-order valence-electron chi connectivity index (χ3n) is 2.07. The lowest BCUT2D eigenvalue weighted by molar-refractivity contribution is -0.133. The molecule has 0 spiro atoms. The highest BCUT2D eigenvalue weighted by Gasteiger charge is 2.25. The van der Waals surface area contributed by atoms with E-state index < -0.39 is 0 Å². The minimum Gasteiger partial charge on any atom is -0.340 e. The molecule has 3 heteroatoms. The largest absolute Gasteiger partial charge is 0.340 e. The maximum absolute atomic E-state index is 11.5. The standard InChI is InChI=1S/C9H18BrNO/c1-5-6-8(12)11(4)9(2,3)7-10/h5-7H2,1-4H3. The first-order valence-electron chi connectivity index (χ1n) is 4.28. The molecule has 0 saturated heterocycles. The highest BCUT2D eigenvalue weighted by molar-refractivity contribution is 9.09. The number of alkyl halides is 1. The second-order valence-electron chi connectivity index (χ2n) is 3.65. The maximum Gasteiger partial charge on any atom is 0.222 e. The van der Waals surface area contributed by atoms with E-state index in [0.29, 0.717) is 6.42 Å². The van der Waals surface area contributed by atoms with Crippen LogP contribution in [0.4, 0.5) is 0 Å². The summed E-state index contributed by atoms with van der Waals surface area (Å²) in [5.74, 6) is 0.224. The Bertz CT molecular complexity index is 157. The summed E-state index contributed by atoms with van der Waals surface area (Å²) in [5, 5.41) is 0.811. The van der Waals surface area contributed by atoms with Crippen molar-refractivity contribution in [3.8, 4) is 0 Å². The number of hydrogen-bond donors (Lipinski definition) is 0. The molecule has 0 aliphatic heterocycles. The third kappa shape index (κ3) is 3.13. The fourth-order valence-corrected chi connectivity index (χ4v) is 1.18. The zero-order valence-corrected chi connectivity index (χ0v) is 9.94. The molecule has 0 N–H and O–H groups in total. The molecular weight excluding hydrogens is 218 g/mol. The van der Waals surface area contributed by atoms with Crippen molar-refractivity contribution in [2.75, 3.05) is 12.4 Å². The lowest BCUT2D eigenvalue weighted by Crippen LogP contribution is -2.46. The molecule has 12 heavy (non-hydrogen) atoms. The van der Waals surface area contributed by atoms with Crippen LogP contribution in [0.5, 0.6) is 0 Å². The second kappa shape index (κ2) is 4.85. The molecule has 0 bridgehead atoms. The van der Waals surface area contributed by atoms with Crippen LogP contribution in [-0.4, -0.2) is 28.7 Å². The maximum atomic E-state index is 11.5. The molecule has 0 aromatic rings. The molecular formula is C9H18BrNO. The van der Waals surface area contributed by atoms with Gasteiger partial charge in [0.05, 0.1) is 0 Å². The Morgan fingerprint density at radius 1 is 1.50 bits per heavy atom. The van der Waals surface area contributed by atoms with Crippen molar-refractivity contribution in [3.63, 3.8) is 0 Å². The number of amides is 1. The van der Waals surface area contributed by atoms with Gasteiger partial charge < -0.3 is 4.90 Å². The molecule has 2 nitrogen and oxygen atoms in total. The molecule has 0 fully saturated rings. The van der Waals surface area contributed by atoms with Crippen LogP contribution in [0.15, 0.2) is 0 Å². The minimum atomic E-state index is -0.0771. The van der Waals surface area contributed by atoms with Gasteiger partial charge in [-0.1, -0.05) is 22.9 Å². The summed E-state index contributed by atoms with van der Waals surface area (Å²) in [5.41, 5.74) is -0.0771. The number of carbonyl (C=O) groups excluding carboxylic acids is 1. The zero-order chi connectivity index (χ0) is 9.78. The molecule has 0 heterocycles. The highest BCUT2D eigenvalue weighted by atomic mass is 79.9. The summed E-state index contributed by atoms with van der Waals surface area (Å²) in [4.78, 5) is 13.3. The minimum absolute atomic E-state index is 0.0771. The van der Waals surface area contributed by atoms with Crippen molar-refractivity contribution in [2.45, 2.75) is 39.2 Å². The first-order chi connectivity index (χ1) is 5.45. The number of rotatable bonds is 4. The average Bonchev–Trinajstić information content (AvgIpc) is 2.03. The predicted molar refractivity (Wildman–Crippen MR) is 55.6 cm³/mol. The lowest BCUT2D eigenvalue weighted by atomic mass is 10.1. The smallest absolute Gasteiger partial charge is 0.222 e. The zero-order valence-electron chi connectivity index (χ0n) is 8.35. The summed E-state index contributed by atoms with van der Waals surface area (Å²) in [6, 6.07) is 0. The van der Waals surface area contributed by atoms with Crippen LogP contribution in [0.2, 0.25) is 0 Å². The van der Waals surface area contributed by atoms with Gasteiger partial charge in [-0.25, -0.2) is 0 Å². The van der Waals surface area contributed by atoms with Crippen molar-refractivity contribution >= 4 is 21.8 Å². The Kier molecular flexibility index (Phi) is 4.83. The van der Waals surface area contributed by atoms with E-state index in [-0.39, 0.29) is 11.4 Å². The topological polar surface area (TPSA) is 20.3 Å². The Morgan fingerprint density at radius 2 is 2.00 bits per heavy atom. The van der Waals surface area contributed by atoms with Gasteiger partial charge >= 0.3 is 0 Å². The van der Waals surface area contributed by atoms with E-state index in [1.165, 1.54) is 0 Å². The van der Waals surface area contributed by atoms with Gasteiger partial charge in [-0.05, 0) is 20.3 Å². The summed E-state index contributed by atoms with van der Waals surface area (Å²) in [6.45, 7) is 6.12. The van der Waals surface area contributed by atoms with Gasteiger partial charge in [0.1, 0.15) is 0 Å². The quantitative estimate of drug-likeness (QED) is 0.686. The highest BCUT2D eigenvalue weighted by Crippen LogP contribution is 2.16. The van der Waals surface area contributed by atoms with Crippen LogP contribution in [0.25, 0.3) is 0 Å². The monoisotopic (exact) mass is 235 g/mol. The average molecular weight is 236 g/mol. The molecule has 0 rings (SSSR count). The fraction of sp³-hybridized carbons (Fsp3) is 0.889. The van der Waals surface area contributed by atoms with E-state index in [0.717, 1.165) is 11.8 Å². The van der Waals surface area contributed by atoms with E-state index in [1.807, 2.05) is 18.9 Å². The van der Waals surface area contributed by atoms with E-state index in [1.54, 1.807) is 0 Å². The van der Waals surface area contributed by atoms with Crippen molar-refractivity contribution in [2.24, 2.45) is 0 Å². The van der Waals surface area contributed by atoms with Gasteiger partial charge in [-0.3, -0.25) is 4.79 Å². The molecule has 0 unspecified atom stereocenters. The van der Waals surface area contributed by atoms with Crippen LogP contribution in [0.3, 0.4) is 0 Å². The van der Waals surface area contributed by atoms with Gasteiger partial charge in [0, 0.05) is 24.3 Å². The third-order valence-corrected chi connectivity index (χ3v) is 3.45. The van der Waals surface area contributed by atoms with Crippen molar-refractivity contribution in [3.05, 3.63) is 0 Å². The van der Waals surface area contributed by atoms with Gasteiger partial charge in [-0.15, -0.1) is 0 Å². The van der Waals surface area contributed by atoms with Gasteiger partial charge in [0.15, 0.2) is 0 Å². The van der Waals surface area contributed by atoms with E-state index in [4.69, 9.17) is 0 Å². The summed E-state index contributed by atoms with van der Waals surface area (Å²) in [7, 11) is 1.86. The van der Waals surface area contributed by atoms with Crippen LogP contribution in [-0.2, 0) is 4.79 Å². The van der Waals surface area contributed by atoms with Crippen LogP contribution in [0, 0.1) is 0 Å². The number of nitrogens with zero attached hydrogens (tertiary/aromatic N) is 1. The molecule has 0 atom stereocenters. The van der Waals surface area contributed by atoms with Crippen molar-refractivity contribution in [1.82, 2.24) is 4.90 Å². The number of hydrogen-bond acceptors (Lipinski definition) is 1. The first kappa shape index (κ1) is 11.9. The van der Waals surface area contributed by atoms with Gasteiger partial charge in [0.25, 0.3) is 0 Å². The number of halogens is 1. The predicted octanol–water partition coefficient (Wildman–Crippen LogP) is 2.42. The van der Waals surface area contributed by atoms with Crippen LogP contribution < -0.4 is 0 Å². The Morgan fingerprint density at radius 3 is 2.33 bits per heavy atom. The van der Waals surface area contributed by atoms with Crippen molar-refractivity contribution in [1.29, 1.82) is 0 Å². The lowest BCUT2D eigenvalue weighted by Gasteiger charge is -2.34. The molecule has 72 valence electrons. The molecule has 0 saturated carbocycles. The van der Waals surface area contributed by atoms with E-state index in [9.17, 15) is 4.79 Å². The Hall–Kier alpha value is -0.0500. The van der Waals surface area contributed by atoms with Gasteiger partial charge in [0.2, 0.25) is 5.91 Å². The fourth-order valence-electron chi connectivity index (χ4n) is 0.809. The van der Waals surface area contributed by atoms with Crippen LogP contribution >= 0.6 is 15.9 Å².